The summed E-state index contributed by atoms with van der Waals surface area (Å²) in [6, 6.07) is 7.83. The van der Waals surface area contributed by atoms with Crippen LogP contribution in [0.15, 0.2) is 48.9 Å². The number of ether oxygens (including phenoxy) is 2. The van der Waals surface area contributed by atoms with Crippen molar-refractivity contribution in [1.29, 1.82) is 0 Å². The highest BCUT2D eigenvalue weighted by atomic mass is 19.1. The highest BCUT2D eigenvalue weighted by molar-refractivity contribution is 5.90. The summed E-state index contributed by atoms with van der Waals surface area (Å²) in [5.41, 5.74) is 6.40. The first-order valence-corrected chi connectivity index (χ1v) is 9.01. The first-order chi connectivity index (χ1) is 14.5. The van der Waals surface area contributed by atoms with Gasteiger partial charge in [0.2, 0.25) is 0 Å². The molecule has 4 rings (SSSR count). The van der Waals surface area contributed by atoms with E-state index in [1.165, 1.54) is 28.0 Å². The van der Waals surface area contributed by atoms with Crippen LogP contribution in [0.2, 0.25) is 0 Å². The van der Waals surface area contributed by atoms with Crippen LogP contribution in [0.25, 0.3) is 16.9 Å². The summed E-state index contributed by atoms with van der Waals surface area (Å²) < 4.78 is 26.3. The van der Waals surface area contributed by atoms with Gasteiger partial charge in [0, 0.05) is 17.3 Å². The predicted molar refractivity (Wildman–Crippen MR) is 102 cm³/mol. The number of halogens is 1. The lowest BCUT2D eigenvalue weighted by atomic mass is 10.1. The lowest BCUT2D eigenvalue weighted by Crippen LogP contribution is -2.28. The topological polar surface area (TPSA) is 125 Å². The molecule has 0 aliphatic carbocycles. The Hall–Kier alpha value is -3.86. The molecule has 1 saturated heterocycles. The van der Waals surface area contributed by atoms with E-state index in [0.29, 0.717) is 22.6 Å². The molecule has 1 unspecified atom stereocenters. The number of pyridine rings is 1. The standard InChI is InChI=1S/C19H17FN6O4/c20-16-7-13(25-10-14(30-19(25)28)11-29-18(27)8-21)2-3-15(16)12-1-4-17(22-9-12)26-6-5-23-24-26/h1-7,9,14H,8,10-11,21H2. The second kappa shape index (κ2) is 8.25. The van der Waals surface area contributed by atoms with E-state index in [2.05, 4.69) is 15.3 Å². The lowest BCUT2D eigenvalue weighted by molar-refractivity contribution is -0.144. The van der Waals surface area contributed by atoms with Crippen molar-refractivity contribution in [3.05, 3.63) is 54.7 Å². The fourth-order valence-corrected chi connectivity index (χ4v) is 2.98. The van der Waals surface area contributed by atoms with Gasteiger partial charge in [-0.1, -0.05) is 5.21 Å². The second-order valence-electron chi connectivity index (χ2n) is 6.42. The van der Waals surface area contributed by atoms with Crippen molar-refractivity contribution >= 4 is 17.7 Å². The highest BCUT2D eigenvalue weighted by Gasteiger charge is 2.33. The summed E-state index contributed by atoms with van der Waals surface area (Å²) in [5, 5.41) is 7.57. The monoisotopic (exact) mass is 412 g/mol. The van der Waals surface area contributed by atoms with Crippen LogP contribution in [0.3, 0.4) is 0 Å². The Balaban J connectivity index is 1.48. The van der Waals surface area contributed by atoms with E-state index >= 15 is 0 Å². The van der Waals surface area contributed by atoms with Crippen molar-refractivity contribution in [3.8, 4) is 16.9 Å². The minimum absolute atomic E-state index is 0.109. The Bertz CT molecular complexity index is 1060. The van der Waals surface area contributed by atoms with Gasteiger partial charge in [0.15, 0.2) is 11.9 Å². The third kappa shape index (κ3) is 3.96. The van der Waals surface area contributed by atoms with Crippen LogP contribution in [0.4, 0.5) is 14.9 Å². The first-order valence-electron chi connectivity index (χ1n) is 9.01. The Labute approximate surface area is 170 Å². The van der Waals surface area contributed by atoms with E-state index in [0.717, 1.165) is 0 Å². The first kappa shape index (κ1) is 19.5. The number of hydrogen-bond donors (Lipinski definition) is 1. The van der Waals surface area contributed by atoms with E-state index in [1.807, 2.05) is 0 Å². The smallest absolute Gasteiger partial charge is 0.414 e. The van der Waals surface area contributed by atoms with E-state index < -0.39 is 24.0 Å². The molecule has 1 aromatic carbocycles. The van der Waals surface area contributed by atoms with Crippen LogP contribution in [0.5, 0.6) is 0 Å². The highest BCUT2D eigenvalue weighted by Crippen LogP contribution is 2.29. The molecule has 3 heterocycles. The maximum atomic E-state index is 14.8. The number of amides is 1. The molecule has 1 aliphatic rings. The molecule has 1 atom stereocenters. The molecule has 3 aromatic rings. The fourth-order valence-electron chi connectivity index (χ4n) is 2.98. The number of esters is 1. The fraction of sp³-hybridized carbons (Fsp3) is 0.211. The summed E-state index contributed by atoms with van der Waals surface area (Å²) in [6.45, 7) is -0.238. The van der Waals surface area contributed by atoms with Crippen molar-refractivity contribution in [3.63, 3.8) is 0 Å². The van der Waals surface area contributed by atoms with Gasteiger partial charge in [-0.15, -0.1) is 5.10 Å². The van der Waals surface area contributed by atoms with Crippen LogP contribution < -0.4 is 10.6 Å². The SMILES string of the molecule is NCC(=O)OCC1CN(c2ccc(-c3ccc(-n4ccnn4)nc3)c(F)c2)C(=O)O1. The third-order valence-electron chi connectivity index (χ3n) is 4.45. The maximum Gasteiger partial charge on any atom is 0.414 e. The van der Waals surface area contributed by atoms with Crippen molar-refractivity contribution in [1.82, 2.24) is 20.0 Å². The number of aromatic nitrogens is 4. The van der Waals surface area contributed by atoms with Gasteiger partial charge in [0.25, 0.3) is 0 Å². The molecule has 1 amide bonds. The Morgan fingerprint density at radius 2 is 2.20 bits per heavy atom. The number of benzene rings is 1. The van der Waals surface area contributed by atoms with E-state index in [1.54, 1.807) is 30.5 Å². The number of cyclic esters (lactones) is 1. The molecule has 0 spiro atoms. The minimum atomic E-state index is -0.649. The summed E-state index contributed by atoms with van der Waals surface area (Å²) in [6.07, 6.45) is 3.42. The zero-order valence-corrected chi connectivity index (χ0v) is 15.6. The molecule has 11 heteroatoms. The number of nitrogens with two attached hydrogens (primary N) is 1. The number of hydrogen-bond acceptors (Lipinski definition) is 8. The van der Waals surface area contributed by atoms with Gasteiger partial charge in [-0.2, -0.15) is 0 Å². The molecule has 1 fully saturated rings. The molecule has 0 radical (unpaired) electrons. The van der Waals surface area contributed by atoms with Gasteiger partial charge in [0.05, 0.1) is 31.2 Å². The average molecular weight is 412 g/mol. The van der Waals surface area contributed by atoms with E-state index in [4.69, 9.17) is 15.2 Å². The van der Waals surface area contributed by atoms with Gasteiger partial charge < -0.3 is 15.2 Å². The van der Waals surface area contributed by atoms with Crippen molar-refractivity contribution in [2.45, 2.75) is 6.10 Å². The number of rotatable bonds is 6. The molecule has 154 valence electrons. The quantitative estimate of drug-likeness (QED) is 0.601. The number of carbonyl (C=O) groups excluding carboxylic acids is 2. The number of anilines is 1. The lowest BCUT2D eigenvalue weighted by Gasteiger charge is -2.14. The van der Waals surface area contributed by atoms with Crippen LogP contribution >= 0.6 is 0 Å². The molecule has 0 bridgehead atoms. The zero-order valence-electron chi connectivity index (χ0n) is 15.6. The van der Waals surface area contributed by atoms with Crippen LogP contribution in [-0.4, -0.2) is 57.8 Å². The van der Waals surface area contributed by atoms with Crippen molar-refractivity contribution in [2.75, 3.05) is 24.6 Å². The van der Waals surface area contributed by atoms with Crippen LogP contribution in [0.1, 0.15) is 0 Å². The zero-order chi connectivity index (χ0) is 21.1. The number of carbonyl (C=O) groups is 2. The van der Waals surface area contributed by atoms with Gasteiger partial charge in [0.1, 0.15) is 12.4 Å². The van der Waals surface area contributed by atoms with Gasteiger partial charge >= 0.3 is 12.1 Å². The van der Waals surface area contributed by atoms with Crippen molar-refractivity contribution in [2.24, 2.45) is 5.73 Å². The largest absolute Gasteiger partial charge is 0.461 e. The Morgan fingerprint density at radius 3 is 2.87 bits per heavy atom. The molecule has 2 aromatic heterocycles. The van der Waals surface area contributed by atoms with Gasteiger partial charge in [-0.25, -0.2) is 18.9 Å². The molecular weight excluding hydrogens is 395 g/mol. The molecule has 30 heavy (non-hydrogen) atoms. The van der Waals surface area contributed by atoms with Gasteiger partial charge in [-0.05, 0) is 30.3 Å². The molecule has 2 N–H and O–H groups in total. The summed E-state index contributed by atoms with van der Waals surface area (Å²) in [7, 11) is 0. The minimum Gasteiger partial charge on any atom is -0.461 e. The molecule has 10 nitrogen and oxygen atoms in total. The molecule has 1 aliphatic heterocycles. The normalized spacial score (nSPS) is 15.9. The summed E-state index contributed by atoms with van der Waals surface area (Å²) in [5.74, 6) is -0.563. The Morgan fingerprint density at radius 1 is 1.33 bits per heavy atom. The third-order valence-corrected chi connectivity index (χ3v) is 4.45. The molecular formula is C19H17FN6O4. The maximum absolute atomic E-state index is 14.8. The second-order valence-corrected chi connectivity index (χ2v) is 6.42. The Kier molecular flexibility index (Phi) is 5.35. The number of nitrogens with zero attached hydrogens (tertiary/aromatic N) is 5. The molecule has 0 saturated carbocycles. The van der Waals surface area contributed by atoms with Crippen LogP contribution in [0, 0.1) is 5.82 Å². The predicted octanol–water partition coefficient (Wildman–Crippen LogP) is 1.30. The summed E-state index contributed by atoms with van der Waals surface area (Å²) >= 11 is 0. The van der Waals surface area contributed by atoms with Crippen molar-refractivity contribution < 1.29 is 23.5 Å². The average Bonchev–Trinajstić information content (AvgIpc) is 3.42. The van der Waals surface area contributed by atoms with Crippen LogP contribution in [-0.2, 0) is 14.3 Å². The van der Waals surface area contributed by atoms with E-state index in [9.17, 15) is 14.0 Å². The van der Waals surface area contributed by atoms with Gasteiger partial charge in [-0.3, -0.25) is 9.69 Å². The van der Waals surface area contributed by atoms with E-state index in [-0.39, 0.29) is 19.7 Å². The summed E-state index contributed by atoms with van der Waals surface area (Å²) in [4.78, 5) is 28.8.